The van der Waals surface area contributed by atoms with Crippen molar-refractivity contribution in [1.82, 2.24) is 20.9 Å². The summed E-state index contributed by atoms with van der Waals surface area (Å²) < 4.78 is 4.71. The van der Waals surface area contributed by atoms with E-state index in [0.717, 1.165) is 24.2 Å². The van der Waals surface area contributed by atoms with Crippen LogP contribution in [0, 0.1) is 5.92 Å². The predicted octanol–water partition coefficient (Wildman–Crippen LogP) is -0.514. The highest BCUT2D eigenvalue weighted by Crippen LogP contribution is 2.38. The van der Waals surface area contributed by atoms with E-state index in [-0.39, 0.29) is 5.92 Å². The summed E-state index contributed by atoms with van der Waals surface area (Å²) in [5.74, 6) is -2.17. The molecule has 138 valence electrons. The number of amides is 6. The first-order valence-corrected chi connectivity index (χ1v) is 8.11. The van der Waals surface area contributed by atoms with Gasteiger partial charge < -0.3 is 15.4 Å². The second kappa shape index (κ2) is 7.49. The predicted molar refractivity (Wildman–Crippen MR) is 84.2 cm³/mol. The van der Waals surface area contributed by atoms with Gasteiger partial charge in [-0.25, -0.2) is 9.59 Å². The van der Waals surface area contributed by atoms with Crippen molar-refractivity contribution in [3.63, 3.8) is 0 Å². The average Bonchev–Trinajstić information content (AvgIpc) is 2.80. The van der Waals surface area contributed by atoms with E-state index in [2.05, 4.69) is 10.6 Å². The fraction of sp³-hybridized carbons (Fsp3) is 0.667. The van der Waals surface area contributed by atoms with Gasteiger partial charge in [-0.05, 0) is 18.8 Å². The highest BCUT2D eigenvalue weighted by atomic mass is 16.5. The van der Waals surface area contributed by atoms with E-state index in [1.165, 1.54) is 7.05 Å². The van der Waals surface area contributed by atoms with Crippen molar-refractivity contribution in [3.8, 4) is 0 Å². The smallest absolute Gasteiger partial charge is 0.326 e. The molecule has 1 heterocycles. The van der Waals surface area contributed by atoms with Gasteiger partial charge in [0.1, 0.15) is 12.1 Å². The zero-order valence-corrected chi connectivity index (χ0v) is 14.2. The van der Waals surface area contributed by atoms with Crippen LogP contribution < -0.4 is 16.0 Å². The molecular weight excluding hydrogens is 332 g/mol. The molecule has 0 radical (unpaired) electrons. The van der Waals surface area contributed by atoms with Crippen LogP contribution >= 0.6 is 0 Å². The number of hydrogen-bond donors (Lipinski definition) is 3. The molecule has 1 saturated carbocycles. The molecule has 0 aromatic rings. The number of carbonyl (C=O) groups excluding carboxylic acids is 5. The number of carbonyl (C=O) groups is 5. The molecular formula is C15H22N4O6. The molecule has 0 aromatic heterocycles. The molecule has 25 heavy (non-hydrogen) atoms. The third-order valence-corrected chi connectivity index (χ3v) is 4.63. The number of nitrogens with zero attached hydrogens (tertiary/aromatic N) is 1. The Morgan fingerprint density at radius 3 is 2.68 bits per heavy atom. The molecule has 10 nitrogen and oxygen atoms in total. The molecule has 1 saturated heterocycles. The maximum atomic E-state index is 12.7. The van der Waals surface area contributed by atoms with Crippen molar-refractivity contribution < 1.29 is 28.7 Å². The average molecular weight is 354 g/mol. The van der Waals surface area contributed by atoms with Crippen LogP contribution in [-0.4, -0.2) is 60.5 Å². The Morgan fingerprint density at radius 2 is 2.04 bits per heavy atom. The summed E-state index contributed by atoms with van der Waals surface area (Å²) in [7, 11) is 1.33. The quantitative estimate of drug-likeness (QED) is 0.460. The Balaban J connectivity index is 1.90. The number of hydrogen-bond acceptors (Lipinski definition) is 6. The van der Waals surface area contributed by atoms with E-state index in [0.29, 0.717) is 6.42 Å². The molecule has 2 aliphatic rings. The number of esters is 1. The van der Waals surface area contributed by atoms with Crippen LogP contribution in [0.3, 0.4) is 0 Å². The number of rotatable bonds is 4. The lowest BCUT2D eigenvalue weighted by atomic mass is 9.73. The number of ether oxygens (including phenoxy) is 1. The summed E-state index contributed by atoms with van der Waals surface area (Å²) in [6.07, 6.45) is 3.19. The normalized spacial score (nSPS) is 25.5. The first-order chi connectivity index (χ1) is 11.8. The van der Waals surface area contributed by atoms with Crippen LogP contribution in [0.15, 0.2) is 0 Å². The lowest BCUT2D eigenvalue weighted by Crippen LogP contribution is -2.54. The largest absolute Gasteiger partial charge is 0.454 e. The summed E-state index contributed by atoms with van der Waals surface area (Å²) >= 11 is 0. The van der Waals surface area contributed by atoms with Crippen molar-refractivity contribution in [3.05, 3.63) is 0 Å². The van der Waals surface area contributed by atoms with Crippen LogP contribution in [-0.2, 0) is 19.1 Å². The Hall–Kier alpha value is -2.65. The standard InChI is InChI=1S/C15H22N4O6/c1-9-5-3-4-6-15(9)12(22)19(14(24)18-15)7-11(21)25-8-10(20)17-13(23)16-2/h9H,3-8H2,1-2H3,(H,18,24)(H2,16,17,20,23)/t9-,15-/m1/s1. The van der Waals surface area contributed by atoms with E-state index >= 15 is 0 Å². The maximum absolute atomic E-state index is 12.7. The van der Waals surface area contributed by atoms with E-state index in [9.17, 15) is 24.0 Å². The molecule has 3 N–H and O–H groups in total. The Kier molecular flexibility index (Phi) is 5.60. The van der Waals surface area contributed by atoms with E-state index in [4.69, 9.17) is 4.74 Å². The molecule has 10 heteroatoms. The van der Waals surface area contributed by atoms with Crippen LogP contribution in [0.1, 0.15) is 32.6 Å². The molecule has 0 aromatic carbocycles. The summed E-state index contributed by atoms with van der Waals surface area (Å²) in [6.45, 7) is 0.645. The second-order valence-corrected chi connectivity index (χ2v) is 6.23. The van der Waals surface area contributed by atoms with Crippen molar-refractivity contribution in [2.24, 2.45) is 5.92 Å². The molecule has 1 aliphatic carbocycles. The lowest BCUT2D eigenvalue weighted by Gasteiger charge is -2.36. The van der Waals surface area contributed by atoms with Gasteiger partial charge >= 0.3 is 18.0 Å². The van der Waals surface area contributed by atoms with Gasteiger partial charge in [0.25, 0.3) is 11.8 Å². The number of urea groups is 2. The van der Waals surface area contributed by atoms with Crippen molar-refractivity contribution in [2.45, 2.75) is 38.1 Å². The molecule has 1 aliphatic heterocycles. The third-order valence-electron chi connectivity index (χ3n) is 4.63. The lowest BCUT2D eigenvalue weighted by molar-refractivity contribution is -0.151. The zero-order chi connectivity index (χ0) is 18.6. The van der Waals surface area contributed by atoms with Gasteiger partial charge in [-0.15, -0.1) is 0 Å². The van der Waals surface area contributed by atoms with Gasteiger partial charge in [-0.1, -0.05) is 19.8 Å². The molecule has 2 fully saturated rings. The SMILES string of the molecule is CNC(=O)NC(=O)COC(=O)CN1C(=O)N[C@@]2(CCCC[C@H]2C)C1=O. The highest BCUT2D eigenvalue weighted by molar-refractivity contribution is 6.09. The minimum Gasteiger partial charge on any atom is -0.454 e. The van der Waals surface area contributed by atoms with Gasteiger partial charge in [-0.3, -0.25) is 24.6 Å². The second-order valence-electron chi connectivity index (χ2n) is 6.23. The first kappa shape index (κ1) is 18.7. The first-order valence-electron chi connectivity index (χ1n) is 8.11. The summed E-state index contributed by atoms with van der Waals surface area (Å²) in [5, 5.41) is 6.82. The molecule has 1 spiro atoms. The Labute approximate surface area is 144 Å². The highest BCUT2D eigenvalue weighted by Gasteiger charge is 2.55. The Morgan fingerprint density at radius 1 is 1.32 bits per heavy atom. The zero-order valence-electron chi connectivity index (χ0n) is 14.2. The van der Waals surface area contributed by atoms with E-state index < -0.39 is 48.5 Å². The van der Waals surface area contributed by atoms with Crippen molar-refractivity contribution in [1.29, 1.82) is 0 Å². The fourth-order valence-corrected chi connectivity index (χ4v) is 3.19. The summed E-state index contributed by atoms with van der Waals surface area (Å²) in [6, 6.07) is -1.37. The number of nitrogens with one attached hydrogen (secondary N) is 3. The van der Waals surface area contributed by atoms with Gasteiger partial charge in [0.05, 0.1) is 0 Å². The molecule has 2 rings (SSSR count). The monoisotopic (exact) mass is 354 g/mol. The topological polar surface area (TPSA) is 134 Å². The minimum absolute atomic E-state index is 0.0166. The minimum atomic E-state index is -0.952. The van der Waals surface area contributed by atoms with Crippen LogP contribution in [0.2, 0.25) is 0 Å². The summed E-state index contributed by atoms with van der Waals surface area (Å²) in [4.78, 5) is 59.7. The summed E-state index contributed by atoms with van der Waals surface area (Å²) in [5.41, 5.74) is -0.952. The van der Waals surface area contributed by atoms with Crippen LogP contribution in [0.25, 0.3) is 0 Å². The van der Waals surface area contributed by atoms with Crippen molar-refractivity contribution in [2.75, 3.05) is 20.2 Å². The molecule has 6 amide bonds. The van der Waals surface area contributed by atoms with Crippen molar-refractivity contribution >= 4 is 29.8 Å². The van der Waals surface area contributed by atoms with Gasteiger partial charge in [0.15, 0.2) is 6.61 Å². The number of imide groups is 2. The van der Waals surface area contributed by atoms with Gasteiger partial charge in [-0.2, -0.15) is 0 Å². The van der Waals surface area contributed by atoms with Gasteiger partial charge in [0, 0.05) is 7.05 Å². The Bertz CT molecular complexity index is 607. The molecule has 0 bridgehead atoms. The molecule has 0 unspecified atom stereocenters. The van der Waals surface area contributed by atoms with Crippen LogP contribution in [0.4, 0.5) is 9.59 Å². The molecule has 2 atom stereocenters. The van der Waals surface area contributed by atoms with Gasteiger partial charge in [0.2, 0.25) is 0 Å². The third kappa shape index (κ3) is 3.89. The van der Waals surface area contributed by atoms with Crippen LogP contribution in [0.5, 0.6) is 0 Å². The fourth-order valence-electron chi connectivity index (χ4n) is 3.19. The van der Waals surface area contributed by atoms with E-state index in [1.807, 2.05) is 12.2 Å². The van der Waals surface area contributed by atoms with E-state index in [1.54, 1.807) is 0 Å². The maximum Gasteiger partial charge on any atom is 0.326 e.